The van der Waals surface area contributed by atoms with Crippen molar-refractivity contribution in [2.45, 2.75) is 32.1 Å². The van der Waals surface area contributed by atoms with Crippen molar-refractivity contribution in [2.75, 3.05) is 33.4 Å². The van der Waals surface area contributed by atoms with Crippen LogP contribution < -0.4 is 5.32 Å². The molecule has 0 aromatic carbocycles. The fraction of sp³-hybridized carbons (Fsp3) is 0.769. The van der Waals surface area contributed by atoms with Crippen molar-refractivity contribution >= 4 is 6.03 Å². The summed E-state index contributed by atoms with van der Waals surface area (Å²) in [7, 11) is 1.65. The smallest absolute Gasteiger partial charge is 0.317 e. The second-order valence-corrected chi connectivity index (χ2v) is 4.89. The van der Waals surface area contributed by atoms with Crippen LogP contribution in [0, 0.1) is 0 Å². The first-order valence-corrected chi connectivity index (χ1v) is 7.08. The second kappa shape index (κ2) is 7.23. The summed E-state index contributed by atoms with van der Waals surface area (Å²) in [4.78, 5) is 17.9. The Morgan fingerprint density at radius 1 is 1.50 bits per heavy atom. The number of rotatable bonds is 5. The van der Waals surface area contributed by atoms with Crippen LogP contribution >= 0.6 is 0 Å². The van der Waals surface area contributed by atoms with Gasteiger partial charge in [0.1, 0.15) is 0 Å². The Morgan fingerprint density at radius 2 is 2.25 bits per heavy atom. The molecule has 2 rings (SSSR count). The van der Waals surface area contributed by atoms with Crippen molar-refractivity contribution in [1.82, 2.24) is 20.4 Å². The fourth-order valence-corrected chi connectivity index (χ4v) is 2.32. The molecule has 7 nitrogen and oxygen atoms in total. The van der Waals surface area contributed by atoms with Crippen LogP contribution in [0.4, 0.5) is 4.79 Å². The Bertz CT molecular complexity index is 427. The van der Waals surface area contributed by atoms with E-state index in [-0.39, 0.29) is 11.9 Å². The van der Waals surface area contributed by atoms with Crippen molar-refractivity contribution in [1.29, 1.82) is 0 Å². The number of aromatic nitrogens is 2. The molecular weight excluding hydrogens is 260 g/mol. The number of ether oxygens (including phenoxy) is 1. The third kappa shape index (κ3) is 3.69. The molecule has 0 bridgehead atoms. The van der Waals surface area contributed by atoms with Gasteiger partial charge in [-0.05, 0) is 19.8 Å². The molecule has 2 amide bonds. The summed E-state index contributed by atoms with van der Waals surface area (Å²) in [6.45, 7) is 4.63. The van der Waals surface area contributed by atoms with Gasteiger partial charge < -0.3 is 19.5 Å². The highest BCUT2D eigenvalue weighted by Crippen LogP contribution is 2.26. The first-order valence-electron chi connectivity index (χ1n) is 7.08. The largest absolute Gasteiger partial charge is 0.384 e. The summed E-state index contributed by atoms with van der Waals surface area (Å²) in [6, 6.07) is 0.0114. The molecule has 1 saturated heterocycles. The zero-order valence-corrected chi connectivity index (χ0v) is 12.1. The Balaban J connectivity index is 1.84. The standard InChI is InChI=1S/C13H22N4O3/c1-3-14-13(18)17-7-4-10(5-8-17)12-15-11(16-20-12)6-9-19-2/h10H,3-9H2,1-2H3,(H,14,18). The first-order chi connectivity index (χ1) is 9.74. The minimum atomic E-state index is 0.0114. The second-order valence-electron chi connectivity index (χ2n) is 4.89. The number of likely N-dealkylation sites (tertiary alicyclic amines) is 1. The number of carbonyl (C=O) groups is 1. The molecular formula is C13H22N4O3. The molecule has 0 spiro atoms. The normalized spacial score (nSPS) is 16.4. The van der Waals surface area contributed by atoms with Crippen LogP contribution in [0.3, 0.4) is 0 Å². The van der Waals surface area contributed by atoms with Gasteiger partial charge in [0.05, 0.1) is 6.61 Å². The van der Waals surface area contributed by atoms with Gasteiger partial charge in [-0.3, -0.25) is 0 Å². The number of urea groups is 1. The highest BCUT2D eigenvalue weighted by Gasteiger charge is 2.27. The molecule has 1 aromatic heterocycles. The zero-order valence-electron chi connectivity index (χ0n) is 12.1. The van der Waals surface area contributed by atoms with Crippen LogP contribution in [-0.2, 0) is 11.2 Å². The van der Waals surface area contributed by atoms with Crippen LogP contribution in [-0.4, -0.2) is 54.4 Å². The maximum Gasteiger partial charge on any atom is 0.317 e. The van der Waals surface area contributed by atoms with Crippen LogP contribution in [0.2, 0.25) is 0 Å². The number of amides is 2. The van der Waals surface area contributed by atoms with Crippen LogP contribution in [0.5, 0.6) is 0 Å². The Morgan fingerprint density at radius 3 is 2.90 bits per heavy atom. The van der Waals surface area contributed by atoms with Crippen molar-refractivity contribution in [2.24, 2.45) is 0 Å². The number of nitrogens with one attached hydrogen (secondary N) is 1. The molecule has 2 heterocycles. The van der Waals surface area contributed by atoms with Gasteiger partial charge in [0.2, 0.25) is 5.89 Å². The van der Waals surface area contributed by atoms with Gasteiger partial charge in [0.15, 0.2) is 5.82 Å². The number of piperidine rings is 1. The molecule has 1 fully saturated rings. The molecule has 1 aliphatic heterocycles. The lowest BCUT2D eigenvalue weighted by Gasteiger charge is -2.30. The van der Waals surface area contributed by atoms with Crippen molar-refractivity contribution in [3.63, 3.8) is 0 Å². The molecule has 20 heavy (non-hydrogen) atoms. The van der Waals surface area contributed by atoms with Gasteiger partial charge in [-0.1, -0.05) is 5.16 Å². The van der Waals surface area contributed by atoms with E-state index in [0.717, 1.165) is 25.9 Å². The van der Waals surface area contributed by atoms with Gasteiger partial charge in [-0.2, -0.15) is 4.98 Å². The summed E-state index contributed by atoms with van der Waals surface area (Å²) in [6.07, 6.45) is 2.39. The summed E-state index contributed by atoms with van der Waals surface area (Å²) in [5.41, 5.74) is 0. The third-order valence-electron chi connectivity index (χ3n) is 3.47. The maximum atomic E-state index is 11.7. The van der Waals surface area contributed by atoms with Crippen LogP contribution in [0.25, 0.3) is 0 Å². The van der Waals surface area contributed by atoms with E-state index in [1.54, 1.807) is 7.11 Å². The van der Waals surface area contributed by atoms with Crippen molar-refractivity contribution < 1.29 is 14.1 Å². The number of hydrogen-bond donors (Lipinski definition) is 1. The fourth-order valence-electron chi connectivity index (χ4n) is 2.32. The summed E-state index contributed by atoms with van der Waals surface area (Å²) in [5, 5.41) is 6.77. The average Bonchev–Trinajstić information content (AvgIpc) is 2.94. The Kier molecular flexibility index (Phi) is 5.34. The van der Waals surface area contributed by atoms with Gasteiger partial charge in [-0.25, -0.2) is 4.79 Å². The number of nitrogens with zero attached hydrogens (tertiary/aromatic N) is 3. The summed E-state index contributed by atoms with van der Waals surface area (Å²) < 4.78 is 10.3. The van der Waals surface area contributed by atoms with Gasteiger partial charge >= 0.3 is 6.03 Å². The minimum absolute atomic E-state index is 0.0114. The lowest BCUT2D eigenvalue weighted by Crippen LogP contribution is -2.44. The summed E-state index contributed by atoms with van der Waals surface area (Å²) in [5.74, 6) is 1.63. The van der Waals surface area contributed by atoms with E-state index in [4.69, 9.17) is 9.26 Å². The van der Waals surface area contributed by atoms with E-state index in [1.807, 2.05) is 11.8 Å². The molecule has 0 radical (unpaired) electrons. The van der Waals surface area contributed by atoms with E-state index in [2.05, 4.69) is 15.5 Å². The minimum Gasteiger partial charge on any atom is -0.384 e. The predicted octanol–water partition coefficient (Wildman–Crippen LogP) is 1.17. The molecule has 1 aromatic rings. The topological polar surface area (TPSA) is 80.5 Å². The number of hydrogen-bond acceptors (Lipinski definition) is 5. The molecule has 0 unspecified atom stereocenters. The van der Waals surface area contributed by atoms with Gasteiger partial charge in [0.25, 0.3) is 0 Å². The number of methoxy groups -OCH3 is 1. The first kappa shape index (κ1) is 14.8. The van der Waals surface area contributed by atoms with E-state index >= 15 is 0 Å². The Hall–Kier alpha value is -1.63. The van der Waals surface area contributed by atoms with E-state index < -0.39 is 0 Å². The maximum absolute atomic E-state index is 11.7. The number of carbonyl (C=O) groups excluding carboxylic acids is 1. The average molecular weight is 282 g/mol. The van der Waals surface area contributed by atoms with Crippen molar-refractivity contribution in [3.8, 4) is 0 Å². The predicted molar refractivity (Wildman–Crippen MR) is 72.5 cm³/mol. The molecule has 1 N–H and O–H groups in total. The van der Waals surface area contributed by atoms with E-state index in [1.165, 1.54) is 0 Å². The monoisotopic (exact) mass is 282 g/mol. The highest BCUT2D eigenvalue weighted by atomic mass is 16.5. The lowest BCUT2D eigenvalue weighted by molar-refractivity contribution is 0.176. The third-order valence-corrected chi connectivity index (χ3v) is 3.47. The quantitative estimate of drug-likeness (QED) is 0.876. The van der Waals surface area contributed by atoms with Gasteiger partial charge in [-0.15, -0.1) is 0 Å². The SMILES string of the molecule is CCNC(=O)N1CCC(c2nc(CCOC)no2)CC1. The van der Waals surface area contributed by atoms with Crippen LogP contribution in [0.15, 0.2) is 4.52 Å². The Labute approximate surface area is 118 Å². The summed E-state index contributed by atoms with van der Waals surface area (Å²) >= 11 is 0. The lowest BCUT2D eigenvalue weighted by atomic mass is 9.97. The molecule has 7 heteroatoms. The highest BCUT2D eigenvalue weighted by molar-refractivity contribution is 5.74. The molecule has 112 valence electrons. The van der Waals surface area contributed by atoms with E-state index in [0.29, 0.717) is 31.3 Å². The zero-order chi connectivity index (χ0) is 14.4. The van der Waals surface area contributed by atoms with Crippen molar-refractivity contribution in [3.05, 3.63) is 11.7 Å². The molecule has 1 aliphatic rings. The molecule has 0 saturated carbocycles. The van der Waals surface area contributed by atoms with Crippen LogP contribution in [0.1, 0.15) is 37.4 Å². The molecule has 0 atom stereocenters. The van der Waals surface area contributed by atoms with Gasteiger partial charge in [0, 0.05) is 39.1 Å². The van der Waals surface area contributed by atoms with E-state index in [9.17, 15) is 4.79 Å². The molecule has 0 aliphatic carbocycles.